The molecule has 0 bridgehead atoms. The molecule has 7 heteroatoms. The first-order valence-electron chi connectivity index (χ1n) is 10.1. The molecule has 1 aromatic carbocycles. The number of rotatable bonds is 4. The number of nitrogens with zero attached hydrogens (tertiary/aromatic N) is 3. The van der Waals surface area contributed by atoms with E-state index < -0.39 is 5.97 Å². The van der Waals surface area contributed by atoms with Crippen LogP contribution in [0.15, 0.2) is 65.7 Å². The summed E-state index contributed by atoms with van der Waals surface area (Å²) in [5.74, 6) is 0.751. The second kappa shape index (κ2) is 8.55. The van der Waals surface area contributed by atoms with Crippen molar-refractivity contribution in [2.45, 2.75) is 32.1 Å². The molecule has 1 aromatic heterocycles. The number of allylic oxidation sites excluding steroid dienone is 7. The Bertz CT molecular complexity index is 1140. The van der Waals surface area contributed by atoms with Gasteiger partial charge >= 0.3 is 5.97 Å². The highest BCUT2D eigenvalue weighted by atomic mass is 16.5. The van der Waals surface area contributed by atoms with Gasteiger partial charge in [0.1, 0.15) is 17.3 Å². The number of aliphatic hydroxyl groups is 2. The molecule has 2 aliphatic rings. The number of esters is 1. The van der Waals surface area contributed by atoms with Gasteiger partial charge in [0.25, 0.3) is 0 Å². The molecule has 0 aliphatic heterocycles. The Morgan fingerprint density at radius 2 is 1.84 bits per heavy atom. The van der Waals surface area contributed by atoms with Gasteiger partial charge < -0.3 is 14.9 Å². The SMILES string of the molecule is COC(=O)c1ccc(-c2nc(C3=C(O)C=CCC3)nc(C3CC=C(C)C=C3O)n2)cc1. The van der Waals surface area contributed by atoms with Crippen molar-refractivity contribution < 1.29 is 19.7 Å². The molecule has 0 saturated carbocycles. The van der Waals surface area contributed by atoms with E-state index in [-0.39, 0.29) is 17.4 Å². The Morgan fingerprint density at radius 3 is 2.52 bits per heavy atom. The molecular formula is C24H23N3O4. The maximum absolute atomic E-state index is 11.7. The van der Waals surface area contributed by atoms with E-state index in [0.29, 0.717) is 47.0 Å². The molecule has 1 unspecified atom stereocenters. The first-order chi connectivity index (χ1) is 15.0. The molecular weight excluding hydrogens is 394 g/mol. The van der Waals surface area contributed by atoms with Crippen LogP contribution >= 0.6 is 0 Å². The number of aromatic nitrogens is 3. The lowest BCUT2D eigenvalue weighted by Gasteiger charge is -2.19. The van der Waals surface area contributed by atoms with Crippen molar-refractivity contribution in [3.05, 3.63) is 82.9 Å². The molecule has 7 nitrogen and oxygen atoms in total. The minimum atomic E-state index is -0.424. The summed E-state index contributed by atoms with van der Waals surface area (Å²) in [6, 6.07) is 6.78. The van der Waals surface area contributed by atoms with E-state index in [0.717, 1.165) is 12.0 Å². The maximum Gasteiger partial charge on any atom is 0.337 e. The Morgan fingerprint density at radius 1 is 1.10 bits per heavy atom. The van der Waals surface area contributed by atoms with Gasteiger partial charge in [-0.05, 0) is 50.5 Å². The average molecular weight is 417 g/mol. The summed E-state index contributed by atoms with van der Waals surface area (Å²) in [7, 11) is 1.33. The molecule has 0 radical (unpaired) electrons. The molecule has 0 fully saturated rings. The van der Waals surface area contributed by atoms with E-state index in [1.807, 2.05) is 19.1 Å². The summed E-state index contributed by atoms with van der Waals surface area (Å²) < 4.78 is 4.75. The third-order valence-corrected chi connectivity index (χ3v) is 5.35. The molecule has 31 heavy (non-hydrogen) atoms. The number of carbonyl (C=O) groups is 1. The van der Waals surface area contributed by atoms with Crippen molar-refractivity contribution in [2.75, 3.05) is 7.11 Å². The van der Waals surface area contributed by atoms with Crippen molar-refractivity contribution in [2.24, 2.45) is 0 Å². The predicted molar refractivity (Wildman–Crippen MR) is 116 cm³/mol. The van der Waals surface area contributed by atoms with E-state index in [4.69, 9.17) is 4.74 Å². The summed E-state index contributed by atoms with van der Waals surface area (Å²) in [5.41, 5.74) is 2.74. The molecule has 4 rings (SSSR count). The quantitative estimate of drug-likeness (QED) is 0.687. The second-order valence-electron chi connectivity index (χ2n) is 7.52. The topological polar surface area (TPSA) is 105 Å². The lowest BCUT2D eigenvalue weighted by molar-refractivity contribution is 0.0600. The number of carbonyl (C=O) groups excluding carboxylic acids is 1. The third kappa shape index (κ3) is 4.26. The van der Waals surface area contributed by atoms with Gasteiger partial charge in [0, 0.05) is 11.1 Å². The molecule has 0 saturated heterocycles. The highest BCUT2D eigenvalue weighted by Gasteiger charge is 2.25. The van der Waals surface area contributed by atoms with Crippen molar-refractivity contribution in [3.63, 3.8) is 0 Å². The number of hydrogen-bond donors (Lipinski definition) is 2. The highest BCUT2D eigenvalue weighted by Crippen LogP contribution is 2.33. The van der Waals surface area contributed by atoms with Gasteiger partial charge in [0.05, 0.1) is 18.6 Å². The van der Waals surface area contributed by atoms with Gasteiger partial charge in [-0.1, -0.05) is 29.9 Å². The van der Waals surface area contributed by atoms with Crippen LogP contribution < -0.4 is 0 Å². The van der Waals surface area contributed by atoms with Crippen LogP contribution in [0.1, 0.15) is 54.1 Å². The van der Waals surface area contributed by atoms with Gasteiger partial charge in [-0.25, -0.2) is 19.7 Å². The van der Waals surface area contributed by atoms with Gasteiger partial charge in [-0.15, -0.1) is 0 Å². The maximum atomic E-state index is 11.7. The van der Waals surface area contributed by atoms with Crippen LogP contribution in [0.5, 0.6) is 0 Å². The number of hydrogen-bond acceptors (Lipinski definition) is 7. The summed E-state index contributed by atoms with van der Waals surface area (Å²) in [5, 5.41) is 20.9. The largest absolute Gasteiger partial charge is 0.512 e. The summed E-state index contributed by atoms with van der Waals surface area (Å²) in [6.45, 7) is 1.93. The normalized spacial score (nSPS) is 18.5. The molecule has 0 amide bonds. The van der Waals surface area contributed by atoms with Crippen LogP contribution in [-0.2, 0) is 4.74 Å². The van der Waals surface area contributed by atoms with Gasteiger partial charge in [0.2, 0.25) is 0 Å². The zero-order chi connectivity index (χ0) is 22.0. The minimum absolute atomic E-state index is 0.134. The fraction of sp³-hybridized carbons (Fsp3) is 0.250. The van der Waals surface area contributed by atoms with Gasteiger partial charge in [-0.2, -0.15) is 0 Å². The summed E-state index contributed by atoms with van der Waals surface area (Å²) in [6.07, 6.45) is 9.25. The van der Waals surface area contributed by atoms with Crippen molar-refractivity contribution in [3.8, 4) is 11.4 Å². The Balaban J connectivity index is 1.81. The standard InChI is InChI=1S/C24H23N3O4/c1-14-7-12-18(20(29)13-14)23-26-21(15-8-10-16(11-9-15)24(30)31-2)25-22(27-23)17-5-3-4-6-19(17)28/h4,6-11,13,18,28-29H,3,5,12H2,1-2H3. The lowest BCUT2D eigenvalue weighted by Crippen LogP contribution is -2.14. The van der Waals surface area contributed by atoms with Crippen molar-refractivity contribution >= 4 is 11.5 Å². The lowest BCUT2D eigenvalue weighted by atomic mass is 9.94. The molecule has 2 aromatic rings. The number of ether oxygens (including phenoxy) is 1. The van der Waals surface area contributed by atoms with E-state index in [1.54, 1.807) is 36.4 Å². The molecule has 1 atom stereocenters. The zero-order valence-electron chi connectivity index (χ0n) is 17.4. The molecule has 158 valence electrons. The Kier molecular flexibility index (Phi) is 5.66. The minimum Gasteiger partial charge on any atom is -0.512 e. The smallest absolute Gasteiger partial charge is 0.337 e. The van der Waals surface area contributed by atoms with Crippen LogP contribution in [0.4, 0.5) is 0 Å². The average Bonchev–Trinajstić information content (AvgIpc) is 2.78. The molecule has 2 aliphatic carbocycles. The second-order valence-corrected chi connectivity index (χ2v) is 7.52. The van der Waals surface area contributed by atoms with Gasteiger partial charge in [-0.3, -0.25) is 0 Å². The summed E-state index contributed by atoms with van der Waals surface area (Å²) >= 11 is 0. The number of aliphatic hydroxyl groups excluding tert-OH is 2. The molecule has 1 heterocycles. The van der Waals surface area contributed by atoms with Crippen LogP contribution in [0.3, 0.4) is 0 Å². The van der Waals surface area contributed by atoms with Crippen LogP contribution in [-0.4, -0.2) is 38.2 Å². The summed E-state index contributed by atoms with van der Waals surface area (Å²) in [4.78, 5) is 25.6. The van der Waals surface area contributed by atoms with E-state index in [1.165, 1.54) is 7.11 Å². The molecule has 2 N–H and O–H groups in total. The van der Waals surface area contributed by atoms with Crippen LogP contribution in [0.2, 0.25) is 0 Å². The van der Waals surface area contributed by atoms with Gasteiger partial charge in [0.15, 0.2) is 11.6 Å². The predicted octanol–water partition coefficient (Wildman–Crippen LogP) is 4.82. The van der Waals surface area contributed by atoms with Crippen LogP contribution in [0, 0.1) is 0 Å². The van der Waals surface area contributed by atoms with E-state index in [2.05, 4.69) is 15.0 Å². The highest BCUT2D eigenvalue weighted by molar-refractivity contribution is 5.89. The van der Waals surface area contributed by atoms with Crippen molar-refractivity contribution in [1.29, 1.82) is 0 Å². The van der Waals surface area contributed by atoms with Crippen molar-refractivity contribution in [1.82, 2.24) is 15.0 Å². The third-order valence-electron chi connectivity index (χ3n) is 5.35. The first-order valence-corrected chi connectivity index (χ1v) is 10.1. The van der Waals surface area contributed by atoms with Crippen LogP contribution in [0.25, 0.3) is 17.0 Å². The fourth-order valence-corrected chi connectivity index (χ4v) is 3.62. The van der Waals surface area contributed by atoms with E-state index in [9.17, 15) is 15.0 Å². The van der Waals surface area contributed by atoms with E-state index >= 15 is 0 Å². The molecule has 0 spiro atoms. The Labute approximate surface area is 180 Å². The number of methoxy groups -OCH3 is 1. The Hall–Kier alpha value is -3.74. The zero-order valence-corrected chi connectivity index (χ0v) is 17.4. The first kappa shape index (κ1) is 20.5. The fourth-order valence-electron chi connectivity index (χ4n) is 3.62. The number of benzene rings is 1. The monoisotopic (exact) mass is 417 g/mol.